The number of nitrogens with one attached hydrogen (secondary N) is 1. The number of aromatic nitrogens is 4. The molecule has 3 rings (SSSR count). The van der Waals surface area contributed by atoms with Crippen LogP contribution in [0.5, 0.6) is 0 Å². The molecule has 1 unspecified atom stereocenters. The van der Waals surface area contributed by atoms with Crippen molar-refractivity contribution in [1.29, 1.82) is 0 Å². The Morgan fingerprint density at radius 2 is 2.03 bits per heavy atom. The average Bonchev–Trinajstić information content (AvgIpc) is 3.32. The van der Waals surface area contributed by atoms with Crippen molar-refractivity contribution in [3.05, 3.63) is 47.7 Å². The molecule has 9 heteroatoms. The number of fused-ring (bicyclic) bond motifs is 1. The van der Waals surface area contributed by atoms with E-state index >= 15 is 0 Å². The van der Waals surface area contributed by atoms with Crippen LogP contribution >= 0.6 is 0 Å². The van der Waals surface area contributed by atoms with E-state index in [2.05, 4.69) is 41.7 Å². The lowest BCUT2D eigenvalue weighted by molar-refractivity contribution is 0.0670. The molecule has 0 saturated carbocycles. The quantitative estimate of drug-likeness (QED) is 0.320. The third kappa shape index (κ3) is 6.45. The molecular weight excluding hydrogens is 434 g/mol. The van der Waals surface area contributed by atoms with E-state index in [-0.39, 0.29) is 0 Å². The van der Waals surface area contributed by atoms with Gasteiger partial charge in [0.25, 0.3) is 0 Å². The summed E-state index contributed by atoms with van der Waals surface area (Å²) in [5, 5.41) is 15.7. The molecule has 1 aromatic carbocycles. The zero-order valence-corrected chi connectivity index (χ0v) is 21.8. The molecule has 0 aliphatic heterocycles. The highest BCUT2D eigenvalue weighted by Crippen LogP contribution is 2.31. The van der Waals surface area contributed by atoms with Gasteiger partial charge in [0.1, 0.15) is 12.6 Å². The molecule has 0 aliphatic rings. The normalized spacial score (nSPS) is 13.4. The second-order valence-electron chi connectivity index (χ2n) is 10.9. The number of H-pyrrole nitrogens is 1. The molecule has 0 bridgehead atoms. The maximum absolute atomic E-state index is 12.2. The number of rotatable bonds is 9. The molecule has 0 fully saturated rings. The topological polar surface area (TPSA) is 96.3 Å². The number of hydrogen-bond acceptors (Lipinski definition) is 4. The van der Waals surface area contributed by atoms with Crippen molar-refractivity contribution in [3.63, 3.8) is 0 Å². The van der Waals surface area contributed by atoms with Gasteiger partial charge in [0.15, 0.2) is 0 Å². The lowest BCUT2D eigenvalue weighted by Gasteiger charge is -2.39. The van der Waals surface area contributed by atoms with Crippen LogP contribution in [-0.4, -0.2) is 56.1 Å². The summed E-state index contributed by atoms with van der Waals surface area (Å²) >= 11 is 0. The maximum atomic E-state index is 12.2. The van der Waals surface area contributed by atoms with Gasteiger partial charge in [-0.3, -0.25) is 4.90 Å². The van der Waals surface area contributed by atoms with Gasteiger partial charge in [-0.1, -0.05) is 25.7 Å². The number of aromatic amines is 1. The fourth-order valence-electron chi connectivity index (χ4n) is 4.04. The second-order valence-corrected chi connectivity index (χ2v) is 16.5. The molecule has 180 valence electrons. The van der Waals surface area contributed by atoms with Crippen LogP contribution in [0.3, 0.4) is 0 Å². The van der Waals surface area contributed by atoms with E-state index in [0.717, 1.165) is 34.7 Å². The smallest absolute Gasteiger partial charge is 0.408 e. The first-order valence-corrected chi connectivity index (χ1v) is 15.1. The SMILES string of the molecule is Cc1cc(CC(c2ncc[nH]2)N(C(=O)O)C(C)(C)C)cc2cn(COCC[Si](C)(C)C)nc12. The molecular formula is C24H37N5O3Si. The summed E-state index contributed by atoms with van der Waals surface area (Å²) < 4.78 is 7.70. The summed E-state index contributed by atoms with van der Waals surface area (Å²) in [6.45, 7) is 15.9. The van der Waals surface area contributed by atoms with E-state index in [0.29, 0.717) is 19.0 Å². The van der Waals surface area contributed by atoms with Crippen molar-refractivity contribution >= 4 is 25.1 Å². The highest BCUT2D eigenvalue weighted by Gasteiger charge is 2.35. The fourth-order valence-corrected chi connectivity index (χ4v) is 4.79. The lowest BCUT2D eigenvalue weighted by Crippen LogP contribution is -2.48. The van der Waals surface area contributed by atoms with Gasteiger partial charge in [-0.05, 0) is 50.9 Å². The van der Waals surface area contributed by atoms with Crippen LogP contribution in [0.4, 0.5) is 4.79 Å². The van der Waals surface area contributed by atoms with Crippen LogP contribution in [0, 0.1) is 6.92 Å². The van der Waals surface area contributed by atoms with Gasteiger partial charge < -0.3 is 14.8 Å². The number of aryl methyl sites for hydroxylation is 1. The van der Waals surface area contributed by atoms with Gasteiger partial charge in [0.2, 0.25) is 0 Å². The van der Waals surface area contributed by atoms with Gasteiger partial charge in [-0.2, -0.15) is 5.10 Å². The van der Waals surface area contributed by atoms with Crippen LogP contribution in [0.2, 0.25) is 25.7 Å². The molecule has 0 spiro atoms. The first-order chi connectivity index (χ1) is 15.3. The second kappa shape index (κ2) is 9.68. The Hall–Kier alpha value is -2.65. The van der Waals surface area contributed by atoms with Crippen molar-refractivity contribution in [2.75, 3.05) is 6.61 Å². The predicted octanol–water partition coefficient (Wildman–Crippen LogP) is 5.44. The molecule has 2 N–H and O–H groups in total. The predicted molar refractivity (Wildman–Crippen MR) is 133 cm³/mol. The molecule has 0 saturated heterocycles. The Morgan fingerprint density at radius 1 is 1.30 bits per heavy atom. The first-order valence-electron chi connectivity index (χ1n) is 11.4. The summed E-state index contributed by atoms with van der Waals surface area (Å²) in [5.74, 6) is 0.636. The number of ether oxygens (including phenoxy) is 1. The summed E-state index contributed by atoms with van der Waals surface area (Å²) in [4.78, 5) is 21.2. The van der Waals surface area contributed by atoms with Gasteiger partial charge in [-0.15, -0.1) is 0 Å². The molecule has 0 radical (unpaired) electrons. The number of carbonyl (C=O) groups is 1. The number of nitrogens with zero attached hydrogens (tertiary/aromatic N) is 4. The Morgan fingerprint density at radius 3 is 2.61 bits per heavy atom. The van der Waals surface area contributed by atoms with Crippen molar-refractivity contribution in [2.24, 2.45) is 0 Å². The standard InChI is InChI=1S/C24H37N5O3Si/c1-17-12-18(13-19-15-28(27-21(17)19)16-32-10-11-33(5,6)7)14-20(22-25-8-9-26-22)29(23(30)31)24(2,3)4/h8-9,12-13,15,20H,10-11,14,16H2,1-7H3,(H,25,26)(H,30,31). The Kier molecular flexibility index (Phi) is 7.33. The van der Waals surface area contributed by atoms with E-state index in [1.165, 1.54) is 4.90 Å². The Balaban J connectivity index is 1.85. The molecule has 33 heavy (non-hydrogen) atoms. The van der Waals surface area contributed by atoms with Crippen LogP contribution in [0.1, 0.15) is 43.8 Å². The van der Waals surface area contributed by atoms with Crippen molar-refractivity contribution in [3.8, 4) is 0 Å². The molecule has 1 amide bonds. The molecule has 2 heterocycles. The molecule has 0 aliphatic carbocycles. The zero-order chi connectivity index (χ0) is 24.4. The third-order valence-electron chi connectivity index (χ3n) is 5.63. The highest BCUT2D eigenvalue weighted by atomic mass is 28.3. The molecule has 8 nitrogen and oxygen atoms in total. The molecule has 1 atom stereocenters. The van der Waals surface area contributed by atoms with Crippen LogP contribution in [-0.2, 0) is 17.9 Å². The summed E-state index contributed by atoms with van der Waals surface area (Å²) in [6, 6.07) is 4.87. The van der Waals surface area contributed by atoms with Gasteiger partial charge in [0, 0.05) is 50.6 Å². The minimum absolute atomic E-state index is 0.430. The van der Waals surface area contributed by atoms with Gasteiger partial charge in [0.05, 0.1) is 11.6 Å². The largest absolute Gasteiger partial charge is 0.465 e. The van der Waals surface area contributed by atoms with E-state index in [4.69, 9.17) is 9.84 Å². The van der Waals surface area contributed by atoms with E-state index in [1.54, 1.807) is 12.4 Å². The van der Waals surface area contributed by atoms with Gasteiger partial charge in [-0.25, -0.2) is 14.5 Å². The summed E-state index contributed by atoms with van der Waals surface area (Å²) in [7, 11) is -1.12. The lowest BCUT2D eigenvalue weighted by atomic mass is 9.96. The van der Waals surface area contributed by atoms with Gasteiger partial charge >= 0.3 is 6.09 Å². The average molecular weight is 472 g/mol. The number of benzene rings is 1. The van der Waals surface area contributed by atoms with E-state index in [1.807, 2.05) is 38.6 Å². The van der Waals surface area contributed by atoms with E-state index < -0.39 is 25.7 Å². The molecule has 3 aromatic rings. The van der Waals surface area contributed by atoms with E-state index in [9.17, 15) is 9.90 Å². The number of amides is 1. The Bertz CT molecular complexity index is 1080. The fraction of sp³-hybridized carbons (Fsp3) is 0.542. The third-order valence-corrected chi connectivity index (χ3v) is 7.33. The monoisotopic (exact) mass is 471 g/mol. The Labute approximate surface area is 197 Å². The maximum Gasteiger partial charge on any atom is 0.408 e. The van der Waals surface area contributed by atoms with Crippen molar-refractivity contribution in [1.82, 2.24) is 24.6 Å². The molecule has 2 aromatic heterocycles. The minimum Gasteiger partial charge on any atom is -0.465 e. The summed E-state index contributed by atoms with van der Waals surface area (Å²) in [5.41, 5.74) is 2.45. The van der Waals surface area contributed by atoms with Crippen LogP contribution in [0.15, 0.2) is 30.7 Å². The first kappa shape index (κ1) is 25.0. The van der Waals surface area contributed by atoms with Crippen molar-refractivity contribution < 1.29 is 14.6 Å². The summed E-state index contributed by atoms with van der Waals surface area (Å²) in [6.07, 6.45) is 4.93. The minimum atomic E-state index is -1.12. The van der Waals surface area contributed by atoms with Crippen LogP contribution in [0.25, 0.3) is 10.9 Å². The van der Waals surface area contributed by atoms with Crippen molar-refractivity contribution in [2.45, 2.75) is 78.1 Å². The number of carboxylic acid groups (broad SMARTS) is 1. The number of hydrogen-bond donors (Lipinski definition) is 2. The zero-order valence-electron chi connectivity index (χ0n) is 20.8. The number of imidazole rings is 1. The highest BCUT2D eigenvalue weighted by molar-refractivity contribution is 6.76. The van der Waals surface area contributed by atoms with Crippen LogP contribution < -0.4 is 0 Å².